The van der Waals surface area contributed by atoms with Crippen LogP contribution in [0.3, 0.4) is 0 Å². The second kappa shape index (κ2) is 4.05. The Balaban J connectivity index is 1.70. The van der Waals surface area contributed by atoms with Gasteiger partial charge in [-0.1, -0.05) is 23.4 Å². The summed E-state index contributed by atoms with van der Waals surface area (Å²) < 4.78 is 0. The fourth-order valence-corrected chi connectivity index (χ4v) is 4.16. The summed E-state index contributed by atoms with van der Waals surface area (Å²) in [7, 11) is 0. The van der Waals surface area contributed by atoms with Crippen molar-refractivity contribution in [2.75, 3.05) is 5.01 Å². The molecule has 0 saturated heterocycles. The maximum atomic E-state index is 9.39. The molecule has 2 bridgehead atoms. The molecule has 3 aliphatic rings. The van der Waals surface area contributed by atoms with Crippen molar-refractivity contribution in [3.05, 3.63) is 30.3 Å². The fraction of sp³-hybridized carbons (Fsp3) is 0.467. The Labute approximate surface area is 117 Å². The molecule has 2 saturated carbocycles. The quantitative estimate of drug-likeness (QED) is 0.781. The molecule has 2 fully saturated rings. The first kappa shape index (κ1) is 11.4. The van der Waals surface area contributed by atoms with Crippen LogP contribution in [0.2, 0.25) is 0 Å². The standard InChI is InChI=1S/C15H13N5/c16-7-12-10-6-11(13(12)8-17)15-14(10)18-19-20(15)9-4-2-1-3-5-9/h1-5,10-15H,6H2/t10-,11-,12+,13-,14+,15-/m1/s1. The number of fused-ring (bicyclic) bond motifs is 5. The Morgan fingerprint density at radius 3 is 2.45 bits per heavy atom. The van der Waals surface area contributed by atoms with Crippen LogP contribution in [0.15, 0.2) is 40.7 Å². The van der Waals surface area contributed by atoms with Gasteiger partial charge in [-0.05, 0) is 18.6 Å². The van der Waals surface area contributed by atoms with Crippen molar-refractivity contribution in [2.45, 2.75) is 18.5 Å². The zero-order valence-corrected chi connectivity index (χ0v) is 10.8. The minimum absolute atomic E-state index is 0.0782. The second-order valence-corrected chi connectivity index (χ2v) is 5.74. The third-order valence-electron chi connectivity index (χ3n) is 4.96. The summed E-state index contributed by atoms with van der Waals surface area (Å²) >= 11 is 0. The molecule has 6 atom stereocenters. The van der Waals surface area contributed by atoms with Crippen molar-refractivity contribution in [3.8, 4) is 12.1 Å². The molecule has 1 aromatic rings. The van der Waals surface area contributed by atoms with E-state index in [1.54, 1.807) is 0 Å². The Kier molecular flexibility index (Phi) is 2.31. The topological polar surface area (TPSA) is 75.5 Å². The molecule has 1 aromatic carbocycles. The summed E-state index contributed by atoms with van der Waals surface area (Å²) in [4.78, 5) is 0. The zero-order valence-electron chi connectivity index (χ0n) is 10.8. The second-order valence-electron chi connectivity index (χ2n) is 5.74. The first-order valence-electron chi connectivity index (χ1n) is 6.89. The van der Waals surface area contributed by atoms with E-state index in [4.69, 9.17) is 0 Å². The summed E-state index contributed by atoms with van der Waals surface area (Å²) in [6, 6.07) is 14.8. The van der Waals surface area contributed by atoms with Gasteiger partial charge in [0.15, 0.2) is 0 Å². The zero-order chi connectivity index (χ0) is 13.7. The largest absolute Gasteiger partial charge is 0.242 e. The summed E-state index contributed by atoms with van der Waals surface area (Å²) in [5.74, 6) is 0.0360. The Bertz CT molecular complexity index is 640. The monoisotopic (exact) mass is 263 g/mol. The van der Waals surface area contributed by atoms with E-state index in [9.17, 15) is 10.5 Å². The fourth-order valence-electron chi connectivity index (χ4n) is 4.16. The highest BCUT2D eigenvalue weighted by Gasteiger charge is 2.62. The number of anilines is 1. The van der Waals surface area contributed by atoms with Crippen LogP contribution in [0.25, 0.3) is 0 Å². The number of nitriles is 2. The van der Waals surface area contributed by atoms with Gasteiger partial charge in [0.1, 0.15) is 0 Å². The lowest BCUT2D eigenvalue weighted by atomic mass is 9.76. The Morgan fingerprint density at radius 2 is 1.75 bits per heavy atom. The molecule has 0 radical (unpaired) electrons. The summed E-state index contributed by atoms with van der Waals surface area (Å²) in [6.07, 6.45) is 0.925. The molecule has 0 N–H and O–H groups in total. The van der Waals surface area contributed by atoms with Crippen LogP contribution < -0.4 is 5.01 Å². The van der Waals surface area contributed by atoms with Gasteiger partial charge in [0.05, 0.1) is 41.7 Å². The van der Waals surface area contributed by atoms with Crippen LogP contribution in [0, 0.1) is 46.3 Å². The van der Waals surface area contributed by atoms with E-state index in [-0.39, 0.29) is 35.8 Å². The van der Waals surface area contributed by atoms with Crippen LogP contribution in [-0.2, 0) is 0 Å². The summed E-state index contributed by atoms with van der Waals surface area (Å²) in [5, 5.41) is 29.3. The van der Waals surface area contributed by atoms with Crippen molar-refractivity contribution in [1.29, 1.82) is 10.5 Å². The van der Waals surface area contributed by atoms with E-state index in [0.29, 0.717) is 0 Å². The van der Waals surface area contributed by atoms with Gasteiger partial charge in [0.2, 0.25) is 0 Å². The molecule has 0 spiro atoms. The number of rotatable bonds is 1. The van der Waals surface area contributed by atoms with E-state index < -0.39 is 0 Å². The number of hydrogen-bond acceptors (Lipinski definition) is 5. The van der Waals surface area contributed by atoms with Gasteiger partial charge >= 0.3 is 0 Å². The van der Waals surface area contributed by atoms with Gasteiger partial charge in [-0.25, -0.2) is 5.01 Å². The molecule has 0 amide bonds. The van der Waals surface area contributed by atoms with Gasteiger partial charge in [-0.2, -0.15) is 15.6 Å². The lowest BCUT2D eigenvalue weighted by Gasteiger charge is -2.33. The lowest BCUT2D eigenvalue weighted by Crippen LogP contribution is -2.45. The number of hydrogen-bond donors (Lipinski definition) is 0. The molecule has 20 heavy (non-hydrogen) atoms. The predicted octanol–water partition coefficient (Wildman–Crippen LogP) is 2.54. The first-order valence-corrected chi connectivity index (χ1v) is 6.89. The smallest absolute Gasteiger partial charge is 0.0998 e. The Morgan fingerprint density at radius 1 is 1.05 bits per heavy atom. The van der Waals surface area contributed by atoms with Gasteiger partial charge in [0.25, 0.3) is 0 Å². The van der Waals surface area contributed by atoms with E-state index in [1.807, 2.05) is 35.3 Å². The SMILES string of the molecule is N#C[C@@H]1[C@H](C#N)[C@H]2C[C@H]1[C@@H]1N=NN(c3ccccc3)[C@H]21. The molecule has 5 heteroatoms. The van der Waals surface area contributed by atoms with Crippen LogP contribution in [0.5, 0.6) is 0 Å². The van der Waals surface area contributed by atoms with Crippen LogP contribution in [-0.4, -0.2) is 12.1 Å². The van der Waals surface area contributed by atoms with Crippen LogP contribution in [0.4, 0.5) is 5.69 Å². The van der Waals surface area contributed by atoms with Crippen LogP contribution >= 0.6 is 0 Å². The van der Waals surface area contributed by atoms with Crippen molar-refractivity contribution >= 4 is 5.69 Å². The molecule has 4 rings (SSSR count). The minimum Gasteiger partial charge on any atom is -0.242 e. The molecule has 1 aliphatic heterocycles. The summed E-state index contributed by atoms with van der Waals surface area (Å²) in [6.45, 7) is 0. The van der Waals surface area contributed by atoms with Gasteiger partial charge in [0, 0.05) is 11.8 Å². The molecule has 1 heterocycles. The molecule has 5 nitrogen and oxygen atoms in total. The van der Waals surface area contributed by atoms with Crippen molar-refractivity contribution in [1.82, 2.24) is 0 Å². The summed E-state index contributed by atoms with van der Waals surface area (Å²) in [5.41, 5.74) is 1.02. The normalized spacial score (nSPS) is 40.4. The number of benzene rings is 1. The average Bonchev–Trinajstić information content (AvgIpc) is 3.17. The maximum Gasteiger partial charge on any atom is 0.0998 e. The average molecular weight is 263 g/mol. The highest BCUT2D eigenvalue weighted by molar-refractivity contribution is 5.48. The molecular formula is C15H13N5. The molecule has 98 valence electrons. The Hall–Kier alpha value is -2.40. The highest BCUT2D eigenvalue weighted by Crippen LogP contribution is 2.56. The molecule has 2 aliphatic carbocycles. The van der Waals surface area contributed by atoms with Crippen molar-refractivity contribution in [2.24, 2.45) is 34.0 Å². The number of nitrogens with zero attached hydrogens (tertiary/aromatic N) is 5. The van der Waals surface area contributed by atoms with Gasteiger partial charge < -0.3 is 0 Å². The third-order valence-corrected chi connectivity index (χ3v) is 4.96. The van der Waals surface area contributed by atoms with Crippen LogP contribution in [0.1, 0.15) is 6.42 Å². The molecule has 0 aromatic heterocycles. The van der Waals surface area contributed by atoms with E-state index in [2.05, 4.69) is 22.5 Å². The lowest BCUT2D eigenvalue weighted by molar-refractivity contribution is 0.275. The maximum absolute atomic E-state index is 9.39. The minimum atomic E-state index is -0.180. The van der Waals surface area contributed by atoms with Crippen molar-refractivity contribution in [3.63, 3.8) is 0 Å². The van der Waals surface area contributed by atoms with E-state index in [1.165, 1.54) is 0 Å². The van der Waals surface area contributed by atoms with Gasteiger partial charge in [-0.3, -0.25) is 0 Å². The predicted molar refractivity (Wildman–Crippen MR) is 71.2 cm³/mol. The molecule has 0 unspecified atom stereocenters. The van der Waals surface area contributed by atoms with Gasteiger partial charge in [-0.15, -0.1) is 0 Å². The highest BCUT2D eigenvalue weighted by atomic mass is 15.6. The van der Waals surface area contributed by atoms with Crippen molar-refractivity contribution < 1.29 is 0 Å². The first-order chi connectivity index (χ1) is 9.85. The van der Waals surface area contributed by atoms with E-state index in [0.717, 1.165) is 12.1 Å². The van der Waals surface area contributed by atoms with E-state index >= 15 is 0 Å². The molecular weight excluding hydrogens is 250 g/mol. The number of para-hydroxylation sites is 1. The third kappa shape index (κ3) is 1.30.